The number of allylic oxidation sites excluding steroid dienone is 4. The Hall–Kier alpha value is -2.36. The zero-order valence-electron chi connectivity index (χ0n) is 15.1. The summed E-state index contributed by atoms with van der Waals surface area (Å²) in [6.07, 6.45) is 8.60. The Labute approximate surface area is 144 Å². The van der Waals surface area contributed by atoms with Gasteiger partial charge in [0.05, 0.1) is 12.7 Å². The molecule has 128 valence electrons. The first kappa shape index (κ1) is 18.0. The van der Waals surface area contributed by atoms with Crippen LogP contribution in [0.3, 0.4) is 0 Å². The van der Waals surface area contributed by atoms with E-state index < -0.39 is 0 Å². The van der Waals surface area contributed by atoms with Gasteiger partial charge in [0, 0.05) is 0 Å². The number of hydrogen-bond acceptors (Lipinski definition) is 3. The average molecular weight is 325 g/mol. The molecule has 0 spiro atoms. The van der Waals surface area contributed by atoms with Crippen molar-refractivity contribution >= 4 is 0 Å². The van der Waals surface area contributed by atoms with E-state index in [2.05, 4.69) is 43.2 Å². The van der Waals surface area contributed by atoms with Crippen molar-refractivity contribution in [2.75, 3.05) is 0 Å². The highest BCUT2D eigenvalue weighted by molar-refractivity contribution is 5.31. The molecular formula is C20H27N3O. The fraction of sp³-hybridized carbons (Fsp3) is 0.400. The molecule has 0 N–H and O–H groups in total. The number of hydrogen-bond donors (Lipinski definition) is 0. The van der Waals surface area contributed by atoms with Gasteiger partial charge in [-0.2, -0.15) is 0 Å². The highest BCUT2D eigenvalue weighted by Gasteiger charge is 2.03. The number of aromatic nitrogens is 3. The maximum absolute atomic E-state index is 5.80. The van der Waals surface area contributed by atoms with E-state index in [9.17, 15) is 0 Å². The second-order valence-electron chi connectivity index (χ2n) is 6.36. The lowest BCUT2D eigenvalue weighted by Crippen LogP contribution is -1.97. The van der Waals surface area contributed by atoms with Gasteiger partial charge in [-0.3, -0.25) is 0 Å². The van der Waals surface area contributed by atoms with E-state index in [1.807, 2.05) is 42.1 Å². The maximum Gasteiger partial charge on any atom is 0.134 e. The Balaban J connectivity index is 1.82. The molecule has 24 heavy (non-hydrogen) atoms. The monoisotopic (exact) mass is 325 g/mol. The van der Waals surface area contributed by atoms with Gasteiger partial charge in [-0.1, -0.05) is 46.7 Å². The highest BCUT2D eigenvalue weighted by atomic mass is 16.5. The molecule has 0 atom stereocenters. The van der Waals surface area contributed by atoms with E-state index in [4.69, 9.17) is 4.74 Å². The van der Waals surface area contributed by atoms with Gasteiger partial charge >= 0.3 is 0 Å². The van der Waals surface area contributed by atoms with Crippen LogP contribution in [0.4, 0.5) is 0 Å². The second-order valence-corrected chi connectivity index (χ2v) is 6.36. The molecule has 0 aliphatic rings. The first-order chi connectivity index (χ1) is 11.5. The number of benzene rings is 1. The van der Waals surface area contributed by atoms with Gasteiger partial charge in [-0.05, 0) is 52.2 Å². The van der Waals surface area contributed by atoms with Gasteiger partial charge in [0.25, 0.3) is 0 Å². The first-order valence-corrected chi connectivity index (χ1v) is 8.41. The molecule has 4 heteroatoms. The van der Waals surface area contributed by atoms with E-state index in [-0.39, 0.29) is 0 Å². The van der Waals surface area contributed by atoms with Gasteiger partial charge in [0.15, 0.2) is 0 Å². The summed E-state index contributed by atoms with van der Waals surface area (Å²) in [5, 5.41) is 8.33. The van der Waals surface area contributed by atoms with Crippen LogP contribution in [-0.4, -0.2) is 15.0 Å². The third kappa shape index (κ3) is 6.03. The molecule has 0 aliphatic carbocycles. The molecule has 2 rings (SSSR count). The zero-order chi connectivity index (χ0) is 17.4. The quantitative estimate of drug-likeness (QED) is 0.651. The predicted molar refractivity (Wildman–Crippen MR) is 98.0 cm³/mol. The van der Waals surface area contributed by atoms with Crippen molar-refractivity contribution in [3.63, 3.8) is 0 Å². The molecule has 0 saturated carbocycles. The van der Waals surface area contributed by atoms with Crippen molar-refractivity contribution in [2.24, 2.45) is 0 Å². The van der Waals surface area contributed by atoms with E-state index in [0.29, 0.717) is 6.61 Å². The van der Waals surface area contributed by atoms with Crippen molar-refractivity contribution in [3.05, 3.63) is 65.0 Å². The minimum absolute atomic E-state index is 0.439. The maximum atomic E-state index is 5.80. The summed E-state index contributed by atoms with van der Waals surface area (Å²) in [5.74, 6) is 0.891. The minimum atomic E-state index is 0.439. The summed E-state index contributed by atoms with van der Waals surface area (Å²) in [5.41, 5.74) is 4.71. The van der Waals surface area contributed by atoms with Crippen LogP contribution in [0.1, 0.15) is 44.9 Å². The van der Waals surface area contributed by atoms with Gasteiger partial charge in [-0.25, -0.2) is 4.68 Å². The Morgan fingerprint density at radius 1 is 1.17 bits per heavy atom. The molecule has 0 unspecified atom stereocenters. The van der Waals surface area contributed by atoms with Gasteiger partial charge in [0.1, 0.15) is 18.1 Å². The Kier molecular flexibility index (Phi) is 6.79. The largest absolute Gasteiger partial charge is 0.487 e. The lowest BCUT2D eigenvalue weighted by Gasteiger charge is -2.06. The standard InChI is InChI=1S/C20H27N3O/c1-16(2)8-7-9-17(3)12-13-23-14-19(21-22-23)15-24-20-11-6-5-10-18(20)4/h5-6,8,10-12,14H,7,9,13,15H2,1-4H3. The van der Waals surface area contributed by atoms with Crippen LogP contribution in [-0.2, 0) is 13.2 Å². The molecule has 0 aliphatic heterocycles. The van der Waals surface area contributed by atoms with Gasteiger partial charge in [-0.15, -0.1) is 5.10 Å². The van der Waals surface area contributed by atoms with Crippen molar-refractivity contribution < 1.29 is 4.74 Å². The van der Waals surface area contributed by atoms with Crippen LogP contribution >= 0.6 is 0 Å². The van der Waals surface area contributed by atoms with E-state index in [1.54, 1.807) is 0 Å². The Bertz CT molecular complexity index is 709. The van der Waals surface area contributed by atoms with Gasteiger partial charge in [0.2, 0.25) is 0 Å². The Morgan fingerprint density at radius 2 is 1.96 bits per heavy atom. The third-order valence-electron chi connectivity index (χ3n) is 3.77. The van der Waals surface area contributed by atoms with Crippen LogP contribution in [0.25, 0.3) is 0 Å². The first-order valence-electron chi connectivity index (χ1n) is 8.41. The molecule has 1 aromatic heterocycles. The van der Waals surface area contributed by atoms with Crippen LogP contribution in [0.15, 0.2) is 53.8 Å². The van der Waals surface area contributed by atoms with Crippen molar-refractivity contribution in [1.82, 2.24) is 15.0 Å². The fourth-order valence-electron chi connectivity index (χ4n) is 2.30. The molecule has 2 aromatic rings. The molecular weight excluding hydrogens is 298 g/mol. The fourth-order valence-corrected chi connectivity index (χ4v) is 2.30. The summed E-state index contributed by atoms with van der Waals surface area (Å²) in [6.45, 7) is 9.66. The number of para-hydroxylation sites is 1. The van der Waals surface area contributed by atoms with E-state index in [1.165, 1.54) is 11.1 Å². The third-order valence-corrected chi connectivity index (χ3v) is 3.77. The number of ether oxygens (including phenoxy) is 1. The average Bonchev–Trinajstić information content (AvgIpc) is 3.00. The topological polar surface area (TPSA) is 39.9 Å². The van der Waals surface area contributed by atoms with E-state index in [0.717, 1.165) is 36.4 Å². The molecule has 0 fully saturated rings. The number of rotatable bonds is 8. The van der Waals surface area contributed by atoms with Crippen LogP contribution < -0.4 is 4.74 Å². The lowest BCUT2D eigenvalue weighted by molar-refractivity contribution is 0.299. The molecule has 0 bridgehead atoms. The molecule has 0 saturated heterocycles. The Morgan fingerprint density at radius 3 is 2.71 bits per heavy atom. The van der Waals surface area contributed by atoms with Crippen molar-refractivity contribution in [2.45, 2.75) is 53.7 Å². The molecule has 1 aromatic carbocycles. The van der Waals surface area contributed by atoms with Crippen LogP contribution in [0.5, 0.6) is 5.75 Å². The van der Waals surface area contributed by atoms with E-state index >= 15 is 0 Å². The summed E-state index contributed by atoms with van der Waals surface area (Å²) in [4.78, 5) is 0. The summed E-state index contributed by atoms with van der Waals surface area (Å²) >= 11 is 0. The normalized spacial score (nSPS) is 11.4. The SMILES string of the molecule is CC(C)=CCCC(C)=CCn1cc(COc2ccccc2C)nn1. The second kappa shape index (κ2) is 9.06. The summed E-state index contributed by atoms with van der Waals surface area (Å²) < 4.78 is 7.65. The number of nitrogens with zero attached hydrogens (tertiary/aromatic N) is 3. The van der Waals surface area contributed by atoms with Crippen LogP contribution in [0, 0.1) is 6.92 Å². The number of aryl methyl sites for hydroxylation is 1. The van der Waals surface area contributed by atoms with Crippen molar-refractivity contribution in [3.8, 4) is 5.75 Å². The predicted octanol–water partition coefficient (Wildman–Crippen LogP) is 4.86. The minimum Gasteiger partial charge on any atom is -0.487 e. The smallest absolute Gasteiger partial charge is 0.134 e. The molecule has 0 amide bonds. The summed E-state index contributed by atoms with van der Waals surface area (Å²) in [6, 6.07) is 7.99. The lowest BCUT2D eigenvalue weighted by atomic mass is 10.1. The molecule has 0 radical (unpaired) electrons. The van der Waals surface area contributed by atoms with Gasteiger partial charge < -0.3 is 4.74 Å². The van der Waals surface area contributed by atoms with Crippen molar-refractivity contribution in [1.29, 1.82) is 0 Å². The molecule has 4 nitrogen and oxygen atoms in total. The zero-order valence-corrected chi connectivity index (χ0v) is 15.1. The summed E-state index contributed by atoms with van der Waals surface area (Å²) in [7, 11) is 0. The van der Waals surface area contributed by atoms with Crippen LogP contribution in [0.2, 0.25) is 0 Å². The highest BCUT2D eigenvalue weighted by Crippen LogP contribution is 2.17. The molecule has 1 heterocycles.